The smallest absolute Gasteiger partial charge is 0.256 e. The molecule has 3 nitrogen and oxygen atoms in total. The van der Waals surface area contributed by atoms with E-state index in [1.165, 1.54) is 0 Å². The average Bonchev–Trinajstić information content (AvgIpc) is 2.83. The minimum absolute atomic E-state index is 0.101. The largest absolute Gasteiger partial charge is 0.489 e. The summed E-state index contributed by atoms with van der Waals surface area (Å²) in [5.74, 6) is 0.614. The third-order valence-electron chi connectivity index (χ3n) is 3.34. The number of hydrogen-bond donors (Lipinski definition) is 1. The fourth-order valence-corrected chi connectivity index (χ4v) is 2.73. The van der Waals surface area contributed by atoms with Gasteiger partial charge in [0.15, 0.2) is 0 Å². The standard InChI is InChI=1S/C18H14BrNO2/c1-2-9-22-17-8-7-13(19)10-12(17)11-15-14-5-3-4-6-16(14)20-18(15)21/h2-8,10-11H,1,9H2,(H,20,21)/b15-11+. The fraction of sp³-hybridized carbons (Fsp3) is 0.0556. The molecule has 2 aromatic carbocycles. The van der Waals surface area contributed by atoms with Crippen LogP contribution in [0, 0.1) is 0 Å². The number of nitrogens with one attached hydrogen (secondary N) is 1. The molecular formula is C18H14BrNO2. The second kappa shape index (κ2) is 6.20. The van der Waals surface area contributed by atoms with Gasteiger partial charge < -0.3 is 10.1 Å². The Morgan fingerprint density at radius 2 is 2.05 bits per heavy atom. The molecule has 0 atom stereocenters. The SMILES string of the molecule is C=CCOc1ccc(Br)cc1/C=C1/C(=O)Nc2ccccc21. The van der Waals surface area contributed by atoms with E-state index in [0.717, 1.165) is 21.3 Å². The number of halogens is 1. The molecule has 2 aromatic rings. The van der Waals surface area contributed by atoms with Gasteiger partial charge in [-0.1, -0.05) is 46.8 Å². The molecule has 1 amide bonds. The van der Waals surface area contributed by atoms with E-state index < -0.39 is 0 Å². The summed E-state index contributed by atoms with van der Waals surface area (Å²) in [5.41, 5.74) is 3.22. The van der Waals surface area contributed by atoms with Crippen molar-refractivity contribution in [2.45, 2.75) is 0 Å². The van der Waals surface area contributed by atoms with Crippen molar-refractivity contribution in [1.29, 1.82) is 0 Å². The van der Waals surface area contributed by atoms with Gasteiger partial charge in [0.2, 0.25) is 0 Å². The minimum atomic E-state index is -0.101. The van der Waals surface area contributed by atoms with Gasteiger partial charge in [-0.2, -0.15) is 0 Å². The summed E-state index contributed by atoms with van der Waals surface area (Å²) in [6.07, 6.45) is 3.54. The molecule has 0 fully saturated rings. The Morgan fingerprint density at radius 1 is 1.23 bits per heavy atom. The molecule has 1 N–H and O–H groups in total. The van der Waals surface area contributed by atoms with Crippen molar-refractivity contribution in [1.82, 2.24) is 0 Å². The van der Waals surface area contributed by atoms with E-state index in [-0.39, 0.29) is 5.91 Å². The first-order valence-corrected chi connectivity index (χ1v) is 7.64. The Morgan fingerprint density at radius 3 is 2.86 bits per heavy atom. The quantitative estimate of drug-likeness (QED) is 0.647. The van der Waals surface area contributed by atoms with Gasteiger partial charge in [0.1, 0.15) is 12.4 Å². The molecule has 0 spiro atoms. The zero-order valence-electron chi connectivity index (χ0n) is 11.8. The molecule has 0 aliphatic carbocycles. The molecule has 0 aromatic heterocycles. The van der Waals surface area contributed by atoms with Crippen molar-refractivity contribution in [3.63, 3.8) is 0 Å². The maximum Gasteiger partial charge on any atom is 0.256 e. The van der Waals surface area contributed by atoms with Gasteiger partial charge in [-0.05, 0) is 30.3 Å². The van der Waals surface area contributed by atoms with Crippen molar-refractivity contribution in [2.75, 3.05) is 11.9 Å². The van der Waals surface area contributed by atoms with Gasteiger partial charge in [0.25, 0.3) is 5.91 Å². The predicted octanol–water partition coefficient (Wildman–Crippen LogP) is 4.51. The molecule has 4 heteroatoms. The van der Waals surface area contributed by atoms with Crippen LogP contribution in [0.15, 0.2) is 59.6 Å². The van der Waals surface area contributed by atoms with Crippen LogP contribution in [0.3, 0.4) is 0 Å². The van der Waals surface area contributed by atoms with Gasteiger partial charge >= 0.3 is 0 Å². The van der Waals surface area contributed by atoms with E-state index in [4.69, 9.17) is 4.74 Å². The van der Waals surface area contributed by atoms with Crippen LogP contribution in [0.2, 0.25) is 0 Å². The highest BCUT2D eigenvalue weighted by Gasteiger charge is 2.23. The summed E-state index contributed by atoms with van der Waals surface area (Å²) in [4.78, 5) is 12.2. The average molecular weight is 356 g/mol. The van der Waals surface area contributed by atoms with Crippen molar-refractivity contribution < 1.29 is 9.53 Å². The van der Waals surface area contributed by atoms with Gasteiger partial charge in [-0.25, -0.2) is 0 Å². The number of rotatable bonds is 4. The maximum atomic E-state index is 12.2. The van der Waals surface area contributed by atoms with E-state index in [9.17, 15) is 4.79 Å². The second-order valence-corrected chi connectivity index (χ2v) is 5.76. The van der Waals surface area contributed by atoms with Crippen LogP contribution in [-0.4, -0.2) is 12.5 Å². The normalized spacial score (nSPS) is 14.6. The Balaban J connectivity index is 2.06. The maximum absolute atomic E-state index is 12.2. The molecule has 22 heavy (non-hydrogen) atoms. The van der Waals surface area contributed by atoms with Gasteiger partial charge in [-0.15, -0.1) is 0 Å². The van der Waals surface area contributed by atoms with Crippen LogP contribution in [0.25, 0.3) is 11.6 Å². The summed E-state index contributed by atoms with van der Waals surface area (Å²) >= 11 is 3.46. The fourth-order valence-electron chi connectivity index (χ4n) is 2.35. The van der Waals surface area contributed by atoms with Gasteiger partial charge in [0.05, 0.1) is 0 Å². The van der Waals surface area contributed by atoms with E-state index in [0.29, 0.717) is 17.9 Å². The van der Waals surface area contributed by atoms with E-state index in [1.54, 1.807) is 6.08 Å². The Labute approximate surface area is 137 Å². The molecule has 3 rings (SSSR count). The molecule has 0 unspecified atom stereocenters. The lowest BCUT2D eigenvalue weighted by atomic mass is 10.0. The van der Waals surface area contributed by atoms with Crippen LogP contribution >= 0.6 is 15.9 Å². The number of hydrogen-bond acceptors (Lipinski definition) is 2. The highest BCUT2D eigenvalue weighted by Crippen LogP contribution is 2.35. The summed E-state index contributed by atoms with van der Waals surface area (Å²) in [6, 6.07) is 13.4. The molecule has 1 heterocycles. The summed E-state index contributed by atoms with van der Waals surface area (Å²) in [5, 5.41) is 2.87. The number of anilines is 1. The second-order valence-electron chi connectivity index (χ2n) is 4.84. The molecule has 1 aliphatic rings. The molecule has 0 radical (unpaired) electrons. The minimum Gasteiger partial charge on any atom is -0.489 e. The third-order valence-corrected chi connectivity index (χ3v) is 3.83. The first-order chi connectivity index (χ1) is 10.7. The topological polar surface area (TPSA) is 38.3 Å². The lowest BCUT2D eigenvalue weighted by Gasteiger charge is -2.08. The molecule has 110 valence electrons. The molecule has 0 bridgehead atoms. The van der Waals surface area contributed by atoms with E-state index in [2.05, 4.69) is 27.8 Å². The number of amides is 1. The molecule has 1 aliphatic heterocycles. The Kier molecular flexibility index (Phi) is 4.11. The summed E-state index contributed by atoms with van der Waals surface area (Å²) < 4.78 is 6.59. The number of para-hydroxylation sites is 1. The third kappa shape index (κ3) is 2.83. The first kappa shape index (κ1) is 14.6. The lowest BCUT2D eigenvalue weighted by Crippen LogP contribution is -2.03. The van der Waals surface area contributed by atoms with Crippen LogP contribution in [0.4, 0.5) is 5.69 Å². The van der Waals surface area contributed by atoms with Crippen LogP contribution < -0.4 is 10.1 Å². The number of benzene rings is 2. The van der Waals surface area contributed by atoms with Crippen molar-refractivity contribution in [2.24, 2.45) is 0 Å². The summed E-state index contributed by atoms with van der Waals surface area (Å²) in [6.45, 7) is 4.07. The molecule has 0 saturated heterocycles. The van der Waals surface area contributed by atoms with E-state index >= 15 is 0 Å². The van der Waals surface area contributed by atoms with Crippen LogP contribution in [-0.2, 0) is 4.79 Å². The molecular weight excluding hydrogens is 342 g/mol. The number of carbonyl (C=O) groups excluding carboxylic acids is 1. The summed E-state index contributed by atoms with van der Waals surface area (Å²) in [7, 11) is 0. The Bertz CT molecular complexity index is 780. The van der Waals surface area contributed by atoms with Crippen molar-refractivity contribution in [3.05, 3.63) is 70.7 Å². The number of fused-ring (bicyclic) bond motifs is 1. The molecule has 0 saturated carbocycles. The van der Waals surface area contributed by atoms with Crippen LogP contribution in [0.1, 0.15) is 11.1 Å². The van der Waals surface area contributed by atoms with Gasteiger partial charge in [-0.3, -0.25) is 4.79 Å². The van der Waals surface area contributed by atoms with Crippen molar-refractivity contribution in [3.8, 4) is 5.75 Å². The zero-order valence-corrected chi connectivity index (χ0v) is 13.4. The lowest BCUT2D eigenvalue weighted by molar-refractivity contribution is -0.110. The van der Waals surface area contributed by atoms with Crippen LogP contribution in [0.5, 0.6) is 5.75 Å². The highest BCUT2D eigenvalue weighted by molar-refractivity contribution is 9.10. The first-order valence-electron chi connectivity index (χ1n) is 6.85. The van der Waals surface area contributed by atoms with E-state index in [1.807, 2.05) is 48.5 Å². The zero-order chi connectivity index (χ0) is 15.5. The monoisotopic (exact) mass is 355 g/mol. The number of ether oxygens (including phenoxy) is 1. The number of carbonyl (C=O) groups is 1. The predicted molar refractivity (Wildman–Crippen MR) is 92.8 cm³/mol. The van der Waals surface area contributed by atoms with Crippen molar-refractivity contribution >= 4 is 39.2 Å². The Hall–Kier alpha value is -2.33. The van der Waals surface area contributed by atoms with Gasteiger partial charge in [0, 0.05) is 26.9 Å². The highest BCUT2D eigenvalue weighted by atomic mass is 79.9.